The normalized spacial score (nSPS) is 16.7. The van der Waals surface area contributed by atoms with E-state index in [0.717, 1.165) is 20.1 Å². The summed E-state index contributed by atoms with van der Waals surface area (Å²) in [5, 5.41) is 10.4. The van der Waals surface area contributed by atoms with Crippen molar-refractivity contribution in [2.45, 2.75) is 50.6 Å². The molecule has 4 aromatic carbocycles. The molecular weight excluding hydrogens is 1080 g/mol. The molecule has 6 N–H and O–H groups in total. The van der Waals surface area contributed by atoms with E-state index >= 15 is 0 Å². The van der Waals surface area contributed by atoms with Gasteiger partial charge in [-0.1, -0.05) is 136 Å². The molecule has 0 aromatic heterocycles. The van der Waals surface area contributed by atoms with Crippen molar-refractivity contribution in [3.05, 3.63) is 139 Å². The zero-order valence-electron chi connectivity index (χ0n) is 40.2. The van der Waals surface area contributed by atoms with Gasteiger partial charge in [0, 0.05) is 133 Å². The predicted molar refractivity (Wildman–Crippen MR) is 309 cm³/mol. The van der Waals surface area contributed by atoms with Crippen LogP contribution in [0.4, 0.5) is 9.59 Å². The molecule has 2 fully saturated rings. The average Bonchev–Trinajstić information content (AvgIpc) is 3.95. The molecule has 7 rings (SSSR count). The summed E-state index contributed by atoms with van der Waals surface area (Å²) in [5.74, 6) is -1.29. The number of fused-ring (bicyclic) bond motifs is 1. The first-order chi connectivity index (χ1) is 33.7. The third kappa shape index (κ3) is 16.5. The van der Waals surface area contributed by atoms with Gasteiger partial charge in [-0.25, -0.2) is 14.4 Å². The Balaban J connectivity index is 0.000000331. The first-order valence-electron chi connectivity index (χ1n) is 22.3. The summed E-state index contributed by atoms with van der Waals surface area (Å²) < 4.78 is 6.38. The van der Waals surface area contributed by atoms with Gasteiger partial charge < -0.3 is 26.0 Å². The van der Waals surface area contributed by atoms with Gasteiger partial charge in [0.05, 0.1) is 19.2 Å². The van der Waals surface area contributed by atoms with E-state index in [4.69, 9.17) is 67.6 Å². The van der Waals surface area contributed by atoms with E-state index in [1.165, 1.54) is 7.11 Å². The summed E-state index contributed by atoms with van der Waals surface area (Å²) in [6.45, 7) is 8.50. The zero-order chi connectivity index (χ0) is 53.8. The molecule has 0 saturated carbocycles. The molecule has 4 aromatic rings. The summed E-state index contributed by atoms with van der Waals surface area (Å²) >= 11 is 9.96. The van der Waals surface area contributed by atoms with Crippen molar-refractivity contribution in [3.63, 3.8) is 0 Å². The quantitative estimate of drug-likeness (QED) is 0.0614. The van der Waals surface area contributed by atoms with Crippen molar-refractivity contribution in [3.8, 4) is 0 Å². The van der Waals surface area contributed by atoms with Crippen LogP contribution in [0.15, 0.2) is 106 Å². The number of nitrogens with two attached hydrogens (primary N) is 1. The van der Waals surface area contributed by atoms with E-state index < -0.39 is 73.3 Å². The van der Waals surface area contributed by atoms with Crippen molar-refractivity contribution in [1.82, 2.24) is 26.2 Å². The van der Waals surface area contributed by atoms with Crippen molar-refractivity contribution in [2.75, 3.05) is 20.2 Å². The minimum atomic E-state index is -1.30. The van der Waals surface area contributed by atoms with E-state index in [2.05, 4.69) is 73.8 Å². The van der Waals surface area contributed by atoms with Crippen LogP contribution < -0.4 is 27.0 Å². The molecule has 2 unspecified atom stereocenters. The first-order valence-corrected chi connectivity index (χ1v) is 25.0. The monoisotopic (exact) mass is 1120 g/mol. The number of hydrogen-bond acceptors (Lipinski definition) is 8. The molecule has 7 amide bonds. The Morgan fingerprint density at radius 3 is 1.44 bits per heavy atom. The molecule has 16 radical (unpaired) electrons. The second-order valence-electron chi connectivity index (χ2n) is 15.4. The fraction of sp³-hybridized carbons (Fsp3) is 0.268. The number of carbonyl (C=O) groups is 6. The van der Waals surface area contributed by atoms with E-state index in [1.54, 1.807) is 65.6 Å². The van der Waals surface area contributed by atoms with Crippen LogP contribution in [-0.4, -0.2) is 161 Å². The Bertz CT molecular complexity index is 2390. The van der Waals surface area contributed by atoms with Gasteiger partial charge in [-0.05, 0) is 58.7 Å². The number of urea groups is 2. The maximum atomic E-state index is 12.7. The molecule has 344 valence electrons. The van der Waals surface area contributed by atoms with Crippen molar-refractivity contribution < 1.29 is 33.5 Å². The van der Waals surface area contributed by atoms with Crippen LogP contribution in [0.5, 0.6) is 0 Å². The topological polar surface area (TPSA) is 189 Å². The third-order valence-electron chi connectivity index (χ3n) is 11.0. The number of imide groups is 2. The molecule has 30 heteroatoms. The van der Waals surface area contributed by atoms with E-state index in [0.29, 0.717) is 34.1 Å². The molecule has 3 aliphatic rings. The fourth-order valence-electron chi connectivity index (χ4n) is 7.54. The lowest BCUT2D eigenvalue weighted by Gasteiger charge is -2.34. The van der Waals surface area contributed by atoms with E-state index in [1.807, 2.05) is 64.1 Å². The molecule has 0 bridgehead atoms. The van der Waals surface area contributed by atoms with Crippen LogP contribution in [0.2, 0.25) is 0 Å². The Labute approximate surface area is 456 Å². The number of nitrogens with zero attached hydrogens (tertiary/aromatic N) is 1. The number of hydrogen-bond donors (Lipinski definition) is 5. The summed E-state index contributed by atoms with van der Waals surface area (Å²) in [6.07, 6.45) is -4.08. The molecule has 71 heavy (non-hydrogen) atoms. The van der Waals surface area contributed by atoms with E-state index in [-0.39, 0.29) is 25.0 Å². The molecule has 2 saturated heterocycles. The maximum Gasteiger partial charge on any atom is 0.338 e. The number of ether oxygens (including phenoxy) is 1. The highest BCUT2D eigenvalue weighted by Gasteiger charge is 2.50. The van der Waals surface area contributed by atoms with Gasteiger partial charge in [0.1, 0.15) is 0 Å². The van der Waals surface area contributed by atoms with Gasteiger partial charge in [0.2, 0.25) is 0 Å². The fourth-order valence-corrected chi connectivity index (χ4v) is 8.55. The van der Waals surface area contributed by atoms with Gasteiger partial charge in [-0.3, -0.25) is 25.0 Å². The van der Waals surface area contributed by atoms with Crippen molar-refractivity contribution in [1.29, 1.82) is 0 Å². The average molecular weight is 1120 g/mol. The van der Waals surface area contributed by atoms with Gasteiger partial charge in [-0.2, -0.15) is 0 Å². The van der Waals surface area contributed by atoms with Crippen molar-refractivity contribution >= 4 is 184 Å². The van der Waals surface area contributed by atoms with E-state index in [9.17, 15) is 28.8 Å². The second-order valence-corrected chi connectivity index (χ2v) is 17.8. The lowest BCUT2D eigenvalue weighted by atomic mass is 8.47. The molecule has 3 aliphatic heterocycles. The number of esters is 1. The number of amides is 7. The highest BCUT2D eigenvalue weighted by molar-refractivity contribution is 9.10. The van der Waals surface area contributed by atoms with Gasteiger partial charge in [0.15, 0.2) is 11.1 Å². The second kappa shape index (κ2) is 30.3. The minimum absolute atomic E-state index is 0.0200. The lowest BCUT2D eigenvalue weighted by Crippen LogP contribution is -2.72. The van der Waals surface area contributed by atoms with Crippen molar-refractivity contribution in [2.24, 2.45) is 5.73 Å². The van der Waals surface area contributed by atoms with Crippen LogP contribution in [0.3, 0.4) is 0 Å². The Morgan fingerprint density at radius 2 is 1.06 bits per heavy atom. The summed E-state index contributed by atoms with van der Waals surface area (Å²) in [7, 11) is 45.5. The highest BCUT2D eigenvalue weighted by Crippen LogP contribution is 2.32. The lowest BCUT2D eigenvalue weighted by molar-refractivity contribution is -0.125. The summed E-state index contributed by atoms with van der Waals surface area (Å²) in [4.78, 5) is 72.8. The smallest absolute Gasteiger partial charge is 0.338 e. The Morgan fingerprint density at radius 1 is 0.648 bits per heavy atom. The number of halogens is 3. The molecule has 13 nitrogen and oxygen atoms in total. The standard InChI is InChI=1S/C18H14BrN3O3.C10H10BrN3O2.C9H9BrO2.2C2H6.B14/c19-13-7-5-12(6-8-13)18(16(24)20-17(25)21-18)10-22-9-11-3-1-2-4-14(11)15(22)23;11-7-3-1-6(2-4-7)10(5-12)8(15)13-9(16)14-10;1-12-9(11)8-5-3-2-4-7(8)6-10;2*1-2;1-9(2)13(10(3)4)14(11(5)6)12(7)8/h1-8H,9-10H2,(H2,20,21,24,25);1-4H,5,12H2,(H2,13,14,15,16);2-5H,6H2,1H3;2*1-2H3;. The molecule has 0 spiro atoms. The highest BCUT2D eigenvalue weighted by atomic mass is 79.9. The zero-order valence-corrected chi connectivity index (χ0v) is 44.9. The minimum Gasteiger partial charge on any atom is -0.465 e. The van der Waals surface area contributed by atoms with Crippen LogP contribution in [0, 0.1) is 0 Å². The number of nitrogens with one attached hydrogen (secondary N) is 4. The third-order valence-corrected chi connectivity index (χ3v) is 12.6. The molecule has 2 atom stereocenters. The maximum absolute atomic E-state index is 12.7. The molecule has 3 heterocycles. The Hall–Kier alpha value is -3.99. The van der Waals surface area contributed by atoms with Crippen LogP contribution in [-0.2, 0) is 37.3 Å². The summed E-state index contributed by atoms with van der Waals surface area (Å²) in [5.41, 5.74) is 7.59. The summed E-state index contributed by atoms with van der Waals surface area (Å²) in [6, 6.07) is 27.9. The van der Waals surface area contributed by atoms with Gasteiger partial charge in [-0.15, -0.1) is 0 Å². The number of alkyl halides is 1. The van der Waals surface area contributed by atoms with Crippen LogP contribution >= 0.6 is 47.8 Å². The first kappa shape index (κ1) is 63.1. The van der Waals surface area contributed by atoms with Crippen LogP contribution in [0.25, 0.3) is 0 Å². The predicted octanol–water partition coefficient (Wildman–Crippen LogP) is 1.67. The van der Waals surface area contributed by atoms with Gasteiger partial charge in [0.25, 0.3) is 17.7 Å². The number of methoxy groups -OCH3 is 1. The molecular formula is C41H45B14Br3N6O7. The Kier molecular flexibility index (Phi) is 26.9. The van der Waals surface area contributed by atoms with Crippen LogP contribution in [0.1, 0.15) is 70.7 Å². The molecule has 0 aliphatic carbocycles. The van der Waals surface area contributed by atoms with Gasteiger partial charge >= 0.3 is 18.0 Å². The number of rotatable bonds is 12. The SMILES string of the molecule is CC.CC.COC(=O)c1ccccc1CBr.NCC1(c2ccc(Br)cc2)NC(=O)NC1=O.O=C1NC(=O)C(CN2Cc3ccccc3C2=O)(c2ccc(Br)cc2)N1.[B]B([B])B(B([B])[B])B(B([B])[B])B([B])[B]. The number of carbonyl (C=O) groups excluding carboxylic acids is 6. The largest absolute Gasteiger partial charge is 0.465 e. The number of benzene rings is 4.